The van der Waals surface area contributed by atoms with Crippen LogP contribution in [0, 0.1) is 11.3 Å². The highest BCUT2D eigenvalue weighted by molar-refractivity contribution is 5.90. The van der Waals surface area contributed by atoms with Gasteiger partial charge in [0.1, 0.15) is 12.4 Å². The molecule has 0 aliphatic carbocycles. The summed E-state index contributed by atoms with van der Waals surface area (Å²) in [6, 6.07) is 22.5. The third-order valence-corrected chi connectivity index (χ3v) is 4.26. The number of amides is 2. The van der Waals surface area contributed by atoms with Crippen LogP contribution in [0.5, 0.6) is 5.75 Å². The molecule has 1 heterocycles. The quantitative estimate of drug-likeness (QED) is 0.610. The van der Waals surface area contributed by atoms with Crippen molar-refractivity contribution < 1.29 is 9.53 Å². The number of urea groups is 1. The summed E-state index contributed by atoms with van der Waals surface area (Å²) >= 11 is 0. The van der Waals surface area contributed by atoms with E-state index in [1.807, 2.05) is 66.7 Å². The average Bonchev–Trinajstić information content (AvgIpc) is 2.75. The molecule has 3 rings (SSSR count). The summed E-state index contributed by atoms with van der Waals surface area (Å²) in [6.45, 7) is 0.818. The molecular formula is C23H22N4O2. The number of hydrogen-bond acceptors (Lipinski definition) is 4. The zero-order chi connectivity index (χ0) is 20.3. The van der Waals surface area contributed by atoms with Crippen LogP contribution in [0.25, 0.3) is 0 Å². The third-order valence-electron chi connectivity index (χ3n) is 4.26. The summed E-state index contributed by atoms with van der Waals surface area (Å²) in [5.74, 6) is 0.710. The van der Waals surface area contributed by atoms with Gasteiger partial charge in [-0.15, -0.1) is 0 Å². The molecule has 0 fully saturated rings. The molecule has 0 aliphatic heterocycles. The SMILES string of the molecule is N#CCc1ccc(OCc2ccccc2NC(=O)NCCc2ccccn2)cc1. The number of rotatable bonds is 8. The Morgan fingerprint density at radius 1 is 1.03 bits per heavy atom. The predicted octanol–water partition coefficient (Wildman–Crippen LogP) is 4.09. The van der Waals surface area contributed by atoms with E-state index in [2.05, 4.69) is 21.7 Å². The molecule has 0 atom stereocenters. The molecule has 0 bridgehead atoms. The first-order valence-electron chi connectivity index (χ1n) is 9.36. The van der Waals surface area contributed by atoms with Crippen molar-refractivity contribution in [2.45, 2.75) is 19.4 Å². The Balaban J connectivity index is 1.51. The summed E-state index contributed by atoms with van der Waals surface area (Å²) in [6.07, 6.45) is 2.78. The maximum Gasteiger partial charge on any atom is 0.319 e. The van der Waals surface area contributed by atoms with Crippen molar-refractivity contribution in [1.29, 1.82) is 5.26 Å². The Kier molecular flexibility index (Phi) is 7.19. The lowest BCUT2D eigenvalue weighted by molar-refractivity contribution is 0.252. The summed E-state index contributed by atoms with van der Waals surface area (Å²) in [7, 11) is 0. The molecule has 0 radical (unpaired) electrons. The van der Waals surface area contributed by atoms with E-state index in [-0.39, 0.29) is 6.03 Å². The van der Waals surface area contributed by atoms with Crippen LogP contribution in [0.2, 0.25) is 0 Å². The molecule has 2 aromatic carbocycles. The Labute approximate surface area is 170 Å². The standard InChI is InChI=1S/C23H22N4O2/c24-14-12-18-8-10-21(11-9-18)29-17-19-5-1-2-7-22(19)27-23(28)26-16-13-20-6-3-4-15-25-20/h1-11,15H,12-13,16-17H2,(H2,26,27,28). The van der Waals surface area contributed by atoms with Gasteiger partial charge in [-0.05, 0) is 35.9 Å². The molecule has 6 nitrogen and oxygen atoms in total. The van der Waals surface area contributed by atoms with Crippen LogP contribution in [0.3, 0.4) is 0 Å². The molecule has 29 heavy (non-hydrogen) atoms. The Morgan fingerprint density at radius 3 is 2.59 bits per heavy atom. The van der Waals surface area contributed by atoms with Gasteiger partial charge in [0.2, 0.25) is 0 Å². The lowest BCUT2D eigenvalue weighted by atomic mass is 10.1. The number of nitrogens with one attached hydrogen (secondary N) is 2. The number of anilines is 1. The lowest BCUT2D eigenvalue weighted by Crippen LogP contribution is -2.31. The summed E-state index contributed by atoms with van der Waals surface area (Å²) in [5, 5.41) is 14.4. The molecule has 6 heteroatoms. The van der Waals surface area contributed by atoms with Gasteiger partial charge in [-0.3, -0.25) is 4.98 Å². The highest BCUT2D eigenvalue weighted by Crippen LogP contribution is 2.19. The Morgan fingerprint density at radius 2 is 1.83 bits per heavy atom. The van der Waals surface area contributed by atoms with E-state index < -0.39 is 0 Å². The molecule has 1 aromatic heterocycles. The smallest absolute Gasteiger partial charge is 0.319 e. The van der Waals surface area contributed by atoms with Gasteiger partial charge in [0.15, 0.2) is 0 Å². The van der Waals surface area contributed by atoms with Crippen molar-refractivity contribution in [1.82, 2.24) is 10.3 Å². The zero-order valence-corrected chi connectivity index (χ0v) is 16.0. The van der Waals surface area contributed by atoms with Gasteiger partial charge in [-0.1, -0.05) is 36.4 Å². The number of aromatic nitrogens is 1. The van der Waals surface area contributed by atoms with E-state index in [1.165, 1.54) is 0 Å². The molecule has 0 unspecified atom stereocenters. The van der Waals surface area contributed by atoms with Crippen molar-refractivity contribution in [3.8, 4) is 11.8 Å². The molecule has 0 aliphatic rings. The third kappa shape index (κ3) is 6.36. The van der Waals surface area contributed by atoms with Gasteiger partial charge in [0.05, 0.1) is 12.5 Å². The number of carbonyl (C=O) groups is 1. The van der Waals surface area contributed by atoms with Crippen molar-refractivity contribution in [3.05, 3.63) is 89.7 Å². The summed E-state index contributed by atoms with van der Waals surface area (Å²) in [4.78, 5) is 16.5. The van der Waals surface area contributed by atoms with Gasteiger partial charge in [-0.2, -0.15) is 5.26 Å². The molecule has 0 saturated heterocycles. The van der Waals surface area contributed by atoms with Crippen LogP contribution < -0.4 is 15.4 Å². The molecule has 0 saturated carbocycles. The summed E-state index contributed by atoms with van der Waals surface area (Å²) in [5.41, 5.74) is 3.45. The van der Waals surface area contributed by atoms with Crippen LogP contribution in [-0.2, 0) is 19.4 Å². The molecule has 3 aromatic rings. The van der Waals surface area contributed by atoms with E-state index in [4.69, 9.17) is 10.00 Å². The van der Waals surface area contributed by atoms with Crippen molar-refractivity contribution >= 4 is 11.7 Å². The van der Waals surface area contributed by atoms with Crippen LogP contribution >= 0.6 is 0 Å². The number of benzene rings is 2. The Bertz CT molecular complexity index is 966. The van der Waals surface area contributed by atoms with Gasteiger partial charge < -0.3 is 15.4 Å². The number of nitriles is 1. The van der Waals surface area contributed by atoms with E-state index in [0.29, 0.717) is 37.4 Å². The number of nitrogens with zero attached hydrogens (tertiary/aromatic N) is 2. The number of carbonyl (C=O) groups excluding carboxylic acids is 1. The van der Waals surface area contributed by atoms with Crippen LogP contribution in [0.4, 0.5) is 10.5 Å². The molecule has 2 amide bonds. The lowest BCUT2D eigenvalue weighted by Gasteiger charge is -2.13. The average molecular weight is 386 g/mol. The second-order valence-electron chi connectivity index (χ2n) is 6.38. The largest absolute Gasteiger partial charge is 0.489 e. The van der Waals surface area contributed by atoms with Crippen molar-refractivity contribution in [3.63, 3.8) is 0 Å². The first-order valence-corrected chi connectivity index (χ1v) is 9.36. The maximum absolute atomic E-state index is 12.2. The summed E-state index contributed by atoms with van der Waals surface area (Å²) < 4.78 is 5.82. The van der Waals surface area contributed by atoms with E-state index in [1.54, 1.807) is 6.20 Å². The van der Waals surface area contributed by atoms with Crippen molar-refractivity contribution in [2.75, 3.05) is 11.9 Å². The van der Waals surface area contributed by atoms with E-state index in [9.17, 15) is 4.79 Å². The predicted molar refractivity (Wildman–Crippen MR) is 111 cm³/mol. The molecule has 0 spiro atoms. The topological polar surface area (TPSA) is 87.0 Å². The fourth-order valence-electron chi connectivity index (χ4n) is 2.74. The van der Waals surface area contributed by atoms with E-state index >= 15 is 0 Å². The maximum atomic E-state index is 12.2. The zero-order valence-electron chi connectivity index (χ0n) is 16.0. The van der Waals surface area contributed by atoms with Gasteiger partial charge >= 0.3 is 6.03 Å². The normalized spacial score (nSPS) is 10.0. The van der Waals surface area contributed by atoms with Crippen LogP contribution in [0.1, 0.15) is 16.8 Å². The first kappa shape index (κ1) is 19.9. The second-order valence-corrected chi connectivity index (χ2v) is 6.38. The number of pyridine rings is 1. The molecular weight excluding hydrogens is 364 g/mol. The number of hydrogen-bond donors (Lipinski definition) is 2. The minimum atomic E-state index is -0.269. The minimum Gasteiger partial charge on any atom is -0.489 e. The highest BCUT2D eigenvalue weighted by atomic mass is 16.5. The fraction of sp³-hybridized carbons (Fsp3) is 0.174. The second kappa shape index (κ2) is 10.5. The Hall–Kier alpha value is -3.85. The minimum absolute atomic E-state index is 0.269. The van der Waals surface area contributed by atoms with Gasteiger partial charge in [0, 0.05) is 36.1 Å². The molecule has 146 valence electrons. The van der Waals surface area contributed by atoms with Gasteiger partial charge in [0.25, 0.3) is 0 Å². The number of ether oxygens (including phenoxy) is 1. The van der Waals surface area contributed by atoms with Crippen LogP contribution in [0.15, 0.2) is 72.9 Å². The highest BCUT2D eigenvalue weighted by Gasteiger charge is 2.07. The van der Waals surface area contributed by atoms with Crippen LogP contribution in [-0.4, -0.2) is 17.6 Å². The van der Waals surface area contributed by atoms with E-state index in [0.717, 1.165) is 16.8 Å². The van der Waals surface area contributed by atoms with Crippen molar-refractivity contribution in [2.24, 2.45) is 0 Å². The van der Waals surface area contributed by atoms with Gasteiger partial charge in [-0.25, -0.2) is 4.79 Å². The number of para-hydroxylation sites is 1. The fourth-order valence-corrected chi connectivity index (χ4v) is 2.74. The molecule has 2 N–H and O–H groups in total. The monoisotopic (exact) mass is 386 g/mol. The first-order chi connectivity index (χ1) is 14.2.